The Hall–Kier alpha value is -4.67. The highest BCUT2D eigenvalue weighted by molar-refractivity contribution is 6.22. The number of aliphatic hydroxyl groups is 2. The van der Waals surface area contributed by atoms with Gasteiger partial charge in [-0.3, -0.25) is 24.7 Å². The van der Waals surface area contributed by atoms with Crippen LogP contribution in [0.5, 0.6) is 5.75 Å². The summed E-state index contributed by atoms with van der Waals surface area (Å²) in [5.41, 5.74) is 5.14. The van der Waals surface area contributed by atoms with E-state index in [0.29, 0.717) is 12.0 Å². The average molecular weight is 598 g/mol. The normalized spacial score (nSPS) is 21.1. The van der Waals surface area contributed by atoms with Gasteiger partial charge >= 0.3 is 0 Å². The first-order valence-corrected chi connectivity index (χ1v) is 14.5. The topological polar surface area (TPSA) is 154 Å². The van der Waals surface area contributed by atoms with E-state index in [9.17, 15) is 35.0 Å². The minimum Gasteiger partial charge on any atom is -0.507 e. The van der Waals surface area contributed by atoms with E-state index >= 15 is 0 Å². The Morgan fingerprint density at radius 2 is 1.82 bits per heavy atom. The van der Waals surface area contributed by atoms with Gasteiger partial charge in [0.1, 0.15) is 5.75 Å². The molecule has 1 aliphatic carbocycles. The van der Waals surface area contributed by atoms with Crippen LogP contribution in [0.25, 0.3) is 11.6 Å². The zero-order valence-corrected chi connectivity index (χ0v) is 24.8. The number of pyridine rings is 1. The molecule has 10 nitrogen and oxygen atoms in total. The number of rotatable bonds is 9. The number of aryl methyl sites for hydroxylation is 2. The number of nitro benzene ring substituents is 1. The van der Waals surface area contributed by atoms with Crippen LogP contribution in [0.1, 0.15) is 48.6 Å². The van der Waals surface area contributed by atoms with Crippen LogP contribution in [0.3, 0.4) is 0 Å². The number of nitro groups is 1. The predicted molar refractivity (Wildman–Crippen MR) is 165 cm³/mol. The molecule has 2 aliphatic rings. The van der Waals surface area contributed by atoms with Crippen molar-refractivity contribution in [2.24, 2.45) is 17.8 Å². The molecule has 228 valence electrons. The number of carbonyl (C=O) groups is 2. The molecule has 0 spiro atoms. The highest BCUT2D eigenvalue weighted by atomic mass is 16.6. The fourth-order valence-electron chi connectivity index (χ4n) is 6.67. The summed E-state index contributed by atoms with van der Waals surface area (Å²) in [5.74, 6) is -3.17. The van der Waals surface area contributed by atoms with Gasteiger partial charge in [0.15, 0.2) is 0 Å². The molecule has 3 aromatic rings. The first-order chi connectivity index (χ1) is 21.0. The molecule has 1 saturated heterocycles. The van der Waals surface area contributed by atoms with Crippen LogP contribution in [0, 0.1) is 41.7 Å². The van der Waals surface area contributed by atoms with Gasteiger partial charge in [-0.1, -0.05) is 17.7 Å². The molecule has 0 saturated carbocycles. The van der Waals surface area contributed by atoms with Crippen LogP contribution in [0.4, 0.5) is 11.4 Å². The van der Waals surface area contributed by atoms with Gasteiger partial charge in [-0.2, -0.15) is 0 Å². The minimum atomic E-state index is -1.00. The molecule has 5 rings (SSSR count). The Bertz CT molecular complexity index is 1660. The Morgan fingerprint density at radius 1 is 1.09 bits per heavy atom. The second-order valence-corrected chi connectivity index (χ2v) is 11.6. The summed E-state index contributed by atoms with van der Waals surface area (Å²) < 4.78 is 0. The summed E-state index contributed by atoms with van der Waals surface area (Å²) in [5, 5.41) is 43.6. The maximum Gasteiger partial charge on any atom is 0.271 e. The standard InChI is InChI=1S/C34H35N3O7/c1-19-15-26-31(34(42)36(33(26)41)24-7-6-8-25(17-24)37(43)44)27(18-38)30(19)29(39)11-10-23(28-9-4-5-12-35-28)16-22-13-20(2)32(40)21(3)14-22/h4-9,12-14,16-17,26-27,29,31,38-40H,10-11,15,18H2,1-3H3/b23-16-/t26-,27+,29-,31-/m1/s1. The monoisotopic (exact) mass is 597 g/mol. The number of benzene rings is 2. The molecule has 3 N–H and O–H groups in total. The number of anilines is 1. The quantitative estimate of drug-likeness (QED) is 0.133. The van der Waals surface area contributed by atoms with Crippen LogP contribution >= 0.6 is 0 Å². The van der Waals surface area contributed by atoms with E-state index in [1.807, 2.05) is 57.2 Å². The maximum atomic E-state index is 13.7. The summed E-state index contributed by atoms with van der Waals surface area (Å²) >= 11 is 0. The van der Waals surface area contributed by atoms with E-state index in [4.69, 9.17) is 0 Å². The first kappa shape index (κ1) is 30.8. The molecule has 44 heavy (non-hydrogen) atoms. The molecule has 0 unspecified atom stereocenters. The Kier molecular flexibility index (Phi) is 8.75. The molecule has 2 aromatic carbocycles. The van der Waals surface area contributed by atoms with Gasteiger partial charge in [0.2, 0.25) is 11.8 Å². The number of aliphatic hydroxyl groups excluding tert-OH is 2. The van der Waals surface area contributed by atoms with Gasteiger partial charge in [-0.25, -0.2) is 4.90 Å². The summed E-state index contributed by atoms with van der Waals surface area (Å²) in [6.07, 6.45) is 3.60. The van der Waals surface area contributed by atoms with Gasteiger partial charge in [0.25, 0.3) is 5.69 Å². The Balaban J connectivity index is 1.42. The van der Waals surface area contributed by atoms with Crippen molar-refractivity contribution in [3.05, 3.63) is 104 Å². The van der Waals surface area contributed by atoms with Gasteiger partial charge in [-0.15, -0.1) is 0 Å². The van der Waals surface area contributed by atoms with E-state index in [0.717, 1.165) is 38.4 Å². The van der Waals surface area contributed by atoms with Crippen molar-refractivity contribution >= 4 is 34.8 Å². The van der Waals surface area contributed by atoms with Crippen molar-refractivity contribution in [1.82, 2.24) is 4.98 Å². The third-order valence-electron chi connectivity index (χ3n) is 8.72. The molecular formula is C34H35N3O7. The number of allylic oxidation sites excluding steroid dienone is 2. The summed E-state index contributed by atoms with van der Waals surface area (Å²) in [7, 11) is 0. The number of aromatic nitrogens is 1. The highest BCUT2D eigenvalue weighted by Crippen LogP contribution is 2.47. The number of phenols is 1. The number of amides is 2. The van der Waals surface area contributed by atoms with E-state index < -0.39 is 47.2 Å². The molecule has 1 aromatic heterocycles. The van der Waals surface area contributed by atoms with E-state index in [1.165, 1.54) is 24.3 Å². The number of carbonyl (C=O) groups excluding carboxylic acids is 2. The fraction of sp³-hybridized carbons (Fsp3) is 0.324. The smallest absolute Gasteiger partial charge is 0.271 e. The summed E-state index contributed by atoms with van der Waals surface area (Å²) in [4.78, 5) is 43.4. The lowest BCUT2D eigenvalue weighted by atomic mass is 9.68. The zero-order chi connectivity index (χ0) is 31.7. The zero-order valence-electron chi connectivity index (χ0n) is 24.8. The van der Waals surface area contributed by atoms with Crippen LogP contribution in [0.15, 0.2) is 71.9 Å². The molecule has 10 heteroatoms. The predicted octanol–water partition coefficient (Wildman–Crippen LogP) is 5.13. The number of nitrogens with zero attached hydrogens (tertiary/aromatic N) is 3. The number of phenolic OH excluding ortho intramolecular Hbond substituents is 1. The highest BCUT2D eigenvalue weighted by Gasteiger charge is 2.55. The average Bonchev–Trinajstić information content (AvgIpc) is 3.26. The van der Waals surface area contributed by atoms with Gasteiger partial charge in [-0.05, 0) is 104 Å². The first-order valence-electron chi connectivity index (χ1n) is 14.5. The van der Waals surface area contributed by atoms with Crippen LogP contribution in [-0.4, -0.2) is 49.8 Å². The van der Waals surface area contributed by atoms with Crippen LogP contribution in [0.2, 0.25) is 0 Å². The molecular weight excluding hydrogens is 562 g/mol. The lowest BCUT2D eigenvalue weighted by Gasteiger charge is -2.35. The molecule has 4 atom stereocenters. The number of non-ortho nitro benzene ring substituents is 1. The minimum absolute atomic E-state index is 0.116. The lowest BCUT2D eigenvalue weighted by molar-refractivity contribution is -0.384. The van der Waals surface area contributed by atoms with Crippen LogP contribution < -0.4 is 4.90 Å². The maximum absolute atomic E-state index is 13.7. The number of imide groups is 1. The lowest BCUT2D eigenvalue weighted by Crippen LogP contribution is -2.38. The van der Waals surface area contributed by atoms with Crippen molar-refractivity contribution < 1.29 is 29.8 Å². The van der Waals surface area contributed by atoms with Gasteiger partial charge in [0, 0.05) is 24.2 Å². The number of fused-ring (bicyclic) bond motifs is 1. The van der Waals surface area contributed by atoms with Crippen molar-refractivity contribution in [2.75, 3.05) is 11.5 Å². The molecule has 0 bridgehead atoms. The van der Waals surface area contributed by atoms with Gasteiger partial charge in [0.05, 0.1) is 40.9 Å². The third kappa shape index (κ3) is 5.78. The van der Waals surface area contributed by atoms with Gasteiger partial charge < -0.3 is 15.3 Å². The second-order valence-electron chi connectivity index (χ2n) is 11.6. The van der Waals surface area contributed by atoms with Crippen molar-refractivity contribution in [2.45, 2.75) is 46.1 Å². The van der Waals surface area contributed by atoms with E-state index in [1.54, 1.807) is 6.20 Å². The number of aromatic hydroxyl groups is 1. The van der Waals surface area contributed by atoms with Crippen LogP contribution in [-0.2, 0) is 9.59 Å². The SMILES string of the molecule is CC1=C([C@H](O)CC/C(=C/c2cc(C)c(O)c(C)c2)c2ccccn2)[C@H](CO)[C@@H]2C(=O)N(c3cccc([N+](=O)[O-])c3)C(=O)[C@@H]2C1. The molecule has 1 aliphatic heterocycles. The molecule has 1 fully saturated rings. The molecule has 2 amide bonds. The Morgan fingerprint density at radius 3 is 2.45 bits per heavy atom. The summed E-state index contributed by atoms with van der Waals surface area (Å²) in [6.45, 7) is 5.03. The fourth-order valence-corrected chi connectivity index (χ4v) is 6.67. The second kappa shape index (κ2) is 12.5. The van der Waals surface area contributed by atoms with Crippen molar-refractivity contribution in [3.63, 3.8) is 0 Å². The van der Waals surface area contributed by atoms with Crippen molar-refractivity contribution in [1.29, 1.82) is 0 Å². The van der Waals surface area contributed by atoms with E-state index in [-0.39, 0.29) is 30.0 Å². The third-order valence-corrected chi connectivity index (χ3v) is 8.72. The number of hydrogen-bond acceptors (Lipinski definition) is 8. The number of hydrogen-bond donors (Lipinski definition) is 3. The van der Waals surface area contributed by atoms with E-state index in [2.05, 4.69) is 4.98 Å². The molecule has 2 heterocycles. The molecule has 0 radical (unpaired) electrons. The Labute approximate surface area is 255 Å². The largest absolute Gasteiger partial charge is 0.507 e. The van der Waals surface area contributed by atoms with Crippen molar-refractivity contribution in [3.8, 4) is 5.75 Å². The summed E-state index contributed by atoms with van der Waals surface area (Å²) in [6, 6.07) is 14.7.